The number of rotatable bonds is 5. The van der Waals surface area contributed by atoms with Gasteiger partial charge in [-0.1, -0.05) is 0 Å². The summed E-state index contributed by atoms with van der Waals surface area (Å²) >= 11 is 0. The Balaban J connectivity index is 1.98. The van der Waals surface area contributed by atoms with Gasteiger partial charge in [-0.2, -0.15) is 0 Å². The normalized spacial score (nSPS) is 19.1. The summed E-state index contributed by atoms with van der Waals surface area (Å²) in [6.45, 7) is 4.57. The number of carbonyl (C=O) groups excluding carboxylic acids is 1. The van der Waals surface area contributed by atoms with Crippen LogP contribution in [0, 0.1) is 5.92 Å². The van der Waals surface area contributed by atoms with Gasteiger partial charge in [0, 0.05) is 25.8 Å². The number of piperidine rings is 1. The SMILES string of the molecule is CCOCC1CCCN(C(=O)c2cc(C(=O)O)co2)C1. The van der Waals surface area contributed by atoms with Crippen molar-refractivity contribution in [3.8, 4) is 0 Å². The van der Waals surface area contributed by atoms with E-state index in [9.17, 15) is 9.59 Å². The molecular formula is C14H19NO5. The van der Waals surface area contributed by atoms with Gasteiger partial charge < -0.3 is 19.2 Å². The molecule has 1 aromatic heterocycles. The second-order valence-electron chi connectivity index (χ2n) is 4.92. The first kappa shape index (κ1) is 14.6. The van der Waals surface area contributed by atoms with Crippen LogP contribution in [0.5, 0.6) is 0 Å². The molecule has 0 spiro atoms. The second-order valence-corrected chi connectivity index (χ2v) is 4.92. The monoisotopic (exact) mass is 281 g/mol. The molecule has 0 bridgehead atoms. The topological polar surface area (TPSA) is 80.0 Å². The predicted octanol–water partition coefficient (Wildman–Crippen LogP) is 1.87. The molecular weight excluding hydrogens is 262 g/mol. The molecule has 2 rings (SSSR count). The van der Waals surface area contributed by atoms with Crippen LogP contribution in [0.15, 0.2) is 16.7 Å². The van der Waals surface area contributed by atoms with Gasteiger partial charge in [0.1, 0.15) is 6.26 Å². The van der Waals surface area contributed by atoms with E-state index in [1.54, 1.807) is 4.90 Å². The zero-order valence-corrected chi connectivity index (χ0v) is 11.5. The van der Waals surface area contributed by atoms with Crippen molar-refractivity contribution < 1.29 is 23.8 Å². The Morgan fingerprint density at radius 3 is 3.00 bits per heavy atom. The maximum atomic E-state index is 12.3. The summed E-state index contributed by atoms with van der Waals surface area (Å²) in [6, 6.07) is 1.27. The lowest BCUT2D eigenvalue weighted by Crippen LogP contribution is -2.41. The maximum Gasteiger partial charge on any atom is 0.338 e. The zero-order valence-electron chi connectivity index (χ0n) is 11.5. The van der Waals surface area contributed by atoms with E-state index in [0.717, 1.165) is 19.1 Å². The summed E-state index contributed by atoms with van der Waals surface area (Å²) in [5, 5.41) is 8.83. The number of carboxylic acids is 1. The van der Waals surface area contributed by atoms with Gasteiger partial charge in [-0.15, -0.1) is 0 Å². The molecule has 6 heteroatoms. The molecule has 1 aliphatic rings. The highest BCUT2D eigenvalue weighted by Crippen LogP contribution is 2.20. The van der Waals surface area contributed by atoms with Crippen molar-refractivity contribution >= 4 is 11.9 Å². The average Bonchev–Trinajstić information content (AvgIpc) is 2.94. The number of aromatic carboxylic acids is 1. The minimum Gasteiger partial charge on any atom is -0.478 e. The molecule has 0 radical (unpaired) electrons. The Labute approximate surface area is 117 Å². The van der Waals surface area contributed by atoms with Crippen LogP contribution >= 0.6 is 0 Å². The fraction of sp³-hybridized carbons (Fsp3) is 0.571. The van der Waals surface area contributed by atoms with E-state index in [0.29, 0.717) is 32.2 Å². The summed E-state index contributed by atoms with van der Waals surface area (Å²) in [6.07, 6.45) is 3.06. The van der Waals surface area contributed by atoms with Gasteiger partial charge in [-0.3, -0.25) is 4.79 Å². The molecule has 1 fully saturated rings. The first-order chi connectivity index (χ1) is 9.61. The highest BCUT2D eigenvalue weighted by molar-refractivity contribution is 5.95. The predicted molar refractivity (Wildman–Crippen MR) is 70.8 cm³/mol. The zero-order chi connectivity index (χ0) is 14.5. The lowest BCUT2D eigenvalue weighted by molar-refractivity contribution is 0.0478. The van der Waals surface area contributed by atoms with Crippen molar-refractivity contribution in [3.05, 3.63) is 23.7 Å². The summed E-state index contributed by atoms with van der Waals surface area (Å²) in [5.74, 6) is -0.930. The molecule has 1 atom stereocenters. The summed E-state index contributed by atoms with van der Waals surface area (Å²) < 4.78 is 10.5. The van der Waals surface area contributed by atoms with Crippen LogP contribution in [0.3, 0.4) is 0 Å². The van der Waals surface area contributed by atoms with E-state index in [4.69, 9.17) is 14.3 Å². The molecule has 6 nitrogen and oxygen atoms in total. The number of hydrogen-bond acceptors (Lipinski definition) is 4. The van der Waals surface area contributed by atoms with Crippen LogP contribution in [-0.4, -0.2) is 48.2 Å². The van der Waals surface area contributed by atoms with Gasteiger partial charge in [0.2, 0.25) is 0 Å². The van der Waals surface area contributed by atoms with E-state index >= 15 is 0 Å². The lowest BCUT2D eigenvalue weighted by atomic mass is 9.99. The van der Waals surface area contributed by atoms with Crippen LogP contribution < -0.4 is 0 Å². The third-order valence-corrected chi connectivity index (χ3v) is 3.42. The molecule has 0 saturated carbocycles. The number of carboxylic acid groups (broad SMARTS) is 1. The second kappa shape index (κ2) is 6.56. The Kier molecular flexibility index (Phi) is 4.79. The van der Waals surface area contributed by atoms with Crippen LogP contribution in [-0.2, 0) is 4.74 Å². The van der Waals surface area contributed by atoms with Crippen LogP contribution in [0.25, 0.3) is 0 Å². The summed E-state index contributed by atoms with van der Waals surface area (Å²) in [4.78, 5) is 24.7. The Hall–Kier alpha value is -1.82. The number of carbonyl (C=O) groups is 2. The van der Waals surface area contributed by atoms with Gasteiger partial charge in [-0.05, 0) is 25.7 Å². The Bertz CT molecular complexity index is 482. The van der Waals surface area contributed by atoms with Gasteiger partial charge in [0.15, 0.2) is 5.76 Å². The molecule has 0 aromatic carbocycles. The highest BCUT2D eigenvalue weighted by Gasteiger charge is 2.26. The third kappa shape index (κ3) is 3.39. The summed E-state index contributed by atoms with van der Waals surface area (Å²) in [5.41, 5.74) is -0.00349. The van der Waals surface area contributed by atoms with Crippen LogP contribution in [0.1, 0.15) is 40.7 Å². The molecule has 2 heterocycles. The number of hydrogen-bond donors (Lipinski definition) is 1. The number of amides is 1. The molecule has 1 unspecified atom stereocenters. The van der Waals surface area contributed by atoms with E-state index in [1.807, 2.05) is 6.92 Å². The standard InChI is InChI=1S/C14H19NO5/c1-2-19-8-10-4-3-5-15(7-10)13(16)12-6-11(9-20-12)14(17)18/h6,9-10H,2-5,7-8H2,1H3,(H,17,18). The fourth-order valence-corrected chi connectivity index (χ4v) is 2.39. The van der Waals surface area contributed by atoms with Crippen molar-refractivity contribution in [3.63, 3.8) is 0 Å². The fourth-order valence-electron chi connectivity index (χ4n) is 2.39. The van der Waals surface area contributed by atoms with E-state index in [2.05, 4.69) is 0 Å². The molecule has 1 aromatic rings. The number of ether oxygens (including phenoxy) is 1. The Morgan fingerprint density at radius 2 is 2.35 bits per heavy atom. The molecule has 1 amide bonds. The molecule has 1 saturated heterocycles. The third-order valence-electron chi connectivity index (χ3n) is 3.42. The average molecular weight is 281 g/mol. The molecule has 110 valence electrons. The van der Waals surface area contributed by atoms with Gasteiger partial charge >= 0.3 is 5.97 Å². The van der Waals surface area contributed by atoms with Crippen molar-refractivity contribution in [1.82, 2.24) is 4.90 Å². The minimum atomic E-state index is -1.10. The first-order valence-electron chi connectivity index (χ1n) is 6.80. The van der Waals surface area contributed by atoms with Crippen LogP contribution in [0.4, 0.5) is 0 Å². The van der Waals surface area contributed by atoms with Gasteiger partial charge in [-0.25, -0.2) is 4.79 Å². The first-order valence-corrected chi connectivity index (χ1v) is 6.80. The number of likely N-dealkylation sites (tertiary alicyclic amines) is 1. The van der Waals surface area contributed by atoms with Gasteiger partial charge in [0.05, 0.1) is 12.2 Å². The number of nitrogens with zero attached hydrogens (tertiary/aromatic N) is 1. The van der Waals surface area contributed by atoms with E-state index in [-0.39, 0.29) is 17.2 Å². The minimum absolute atomic E-state index is 0.00349. The maximum absolute atomic E-state index is 12.3. The van der Waals surface area contributed by atoms with Crippen LogP contribution in [0.2, 0.25) is 0 Å². The largest absolute Gasteiger partial charge is 0.478 e. The molecule has 1 aliphatic heterocycles. The Morgan fingerprint density at radius 1 is 1.55 bits per heavy atom. The van der Waals surface area contributed by atoms with E-state index < -0.39 is 5.97 Å². The quantitative estimate of drug-likeness (QED) is 0.891. The lowest BCUT2D eigenvalue weighted by Gasteiger charge is -2.32. The van der Waals surface area contributed by atoms with Crippen molar-refractivity contribution in [1.29, 1.82) is 0 Å². The van der Waals surface area contributed by atoms with Crippen molar-refractivity contribution in [2.24, 2.45) is 5.92 Å². The summed E-state index contributed by atoms with van der Waals surface area (Å²) in [7, 11) is 0. The molecule has 0 aliphatic carbocycles. The van der Waals surface area contributed by atoms with E-state index in [1.165, 1.54) is 6.07 Å². The van der Waals surface area contributed by atoms with Crippen molar-refractivity contribution in [2.45, 2.75) is 19.8 Å². The molecule has 1 N–H and O–H groups in total. The highest BCUT2D eigenvalue weighted by atomic mass is 16.5. The number of furan rings is 1. The smallest absolute Gasteiger partial charge is 0.338 e. The van der Waals surface area contributed by atoms with Crippen molar-refractivity contribution in [2.75, 3.05) is 26.3 Å². The molecule has 20 heavy (non-hydrogen) atoms. The van der Waals surface area contributed by atoms with Gasteiger partial charge in [0.25, 0.3) is 5.91 Å².